The average molecular weight is 367 g/mol. The normalized spacial score (nSPS) is 13.9. The van der Waals surface area contributed by atoms with Crippen molar-refractivity contribution in [2.45, 2.75) is 19.4 Å². The molecule has 0 saturated carbocycles. The highest BCUT2D eigenvalue weighted by molar-refractivity contribution is 7.14. The highest BCUT2D eigenvalue weighted by Crippen LogP contribution is 2.20. The van der Waals surface area contributed by atoms with Crippen LogP contribution in [0.15, 0.2) is 42.9 Å². The third kappa shape index (κ3) is 3.54. The second-order valence-corrected chi connectivity index (χ2v) is 7.55. The van der Waals surface area contributed by atoms with Crippen LogP contribution in [0.2, 0.25) is 0 Å². The van der Waals surface area contributed by atoms with E-state index in [1.54, 1.807) is 27.1 Å². The molecule has 134 valence electrons. The number of nitrogens with one attached hydrogen (secondary N) is 1. The van der Waals surface area contributed by atoms with Gasteiger partial charge in [-0.05, 0) is 55.3 Å². The van der Waals surface area contributed by atoms with Crippen LogP contribution in [0.4, 0.5) is 0 Å². The number of amides is 1. The van der Waals surface area contributed by atoms with Gasteiger partial charge in [0.15, 0.2) is 0 Å². The minimum absolute atomic E-state index is 0.0408. The number of hydrogen-bond acceptors (Lipinski definition) is 5. The first-order chi connectivity index (χ1) is 12.7. The standard InChI is InChI=1S/C19H21N5OS/c1-23(13-17-12-21-19(26-17)24-10-2-7-22-24)18(25)16-4-3-14-5-8-20-9-6-15(14)11-16/h2-4,7,10-12,20H,5-6,8-9,13H2,1H3. The minimum Gasteiger partial charge on any atom is -0.337 e. The maximum Gasteiger partial charge on any atom is 0.253 e. The molecule has 3 heterocycles. The summed E-state index contributed by atoms with van der Waals surface area (Å²) in [6.07, 6.45) is 7.40. The maximum atomic E-state index is 12.8. The average Bonchev–Trinajstić information content (AvgIpc) is 3.28. The van der Waals surface area contributed by atoms with E-state index < -0.39 is 0 Å². The molecule has 0 unspecified atom stereocenters. The molecule has 1 aromatic carbocycles. The van der Waals surface area contributed by atoms with Crippen molar-refractivity contribution >= 4 is 17.2 Å². The Hall–Kier alpha value is -2.51. The Morgan fingerprint density at radius 2 is 2.15 bits per heavy atom. The van der Waals surface area contributed by atoms with Crippen LogP contribution in [0.5, 0.6) is 0 Å². The van der Waals surface area contributed by atoms with E-state index in [0.29, 0.717) is 6.54 Å². The monoisotopic (exact) mass is 367 g/mol. The highest BCUT2D eigenvalue weighted by atomic mass is 32.1. The number of fused-ring (bicyclic) bond motifs is 1. The van der Waals surface area contributed by atoms with Crippen molar-refractivity contribution in [1.29, 1.82) is 0 Å². The zero-order valence-corrected chi connectivity index (χ0v) is 15.5. The lowest BCUT2D eigenvalue weighted by atomic mass is 9.99. The van der Waals surface area contributed by atoms with Gasteiger partial charge in [-0.2, -0.15) is 5.10 Å². The lowest BCUT2D eigenvalue weighted by Crippen LogP contribution is -2.26. The molecule has 0 fully saturated rings. The van der Waals surface area contributed by atoms with Crippen molar-refractivity contribution in [1.82, 2.24) is 25.0 Å². The molecule has 26 heavy (non-hydrogen) atoms. The molecule has 1 aliphatic rings. The predicted molar refractivity (Wildman–Crippen MR) is 102 cm³/mol. The topological polar surface area (TPSA) is 63.1 Å². The number of carbonyl (C=O) groups is 1. The molecule has 6 nitrogen and oxygen atoms in total. The molecule has 0 bridgehead atoms. The Kier molecular flexibility index (Phi) is 4.81. The Balaban J connectivity index is 1.47. The Morgan fingerprint density at radius 1 is 1.31 bits per heavy atom. The van der Waals surface area contributed by atoms with Crippen molar-refractivity contribution in [3.05, 3.63) is 64.4 Å². The lowest BCUT2D eigenvalue weighted by molar-refractivity contribution is 0.0786. The first kappa shape index (κ1) is 16.9. The van der Waals surface area contributed by atoms with Gasteiger partial charge < -0.3 is 10.2 Å². The van der Waals surface area contributed by atoms with Crippen molar-refractivity contribution in [2.75, 3.05) is 20.1 Å². The van der Waals surface area contributed by atoms with Crippen LogP contribution in [0.25, 0.3) is 5.13 Å². The minimum atomic E-state index is 0.0408. The van der Waals surface area contributed by atoms with E-state index in [0.717, 1.165) is 41.5 Å². The number of benzene rings is 1. The quantitative estimate of drug-likeness (QED) is 0.769. The summed E-state index contributed by atoms with van der Waals surface area (Å²) in [7, 11) is 1.84. The maximum absolute atomic E-state index is 12.8. The fraction of sp³-hybridized carbons (Fsp3) is 0.316. The third-order valence-corrected chi connectivity index (χ3v) is 5.55. The zero-order valence-electron chi connectivity index (χ0n) is 14.7. The van der Waals surface area contributed by atoms with Gasteiger partial charge >= 0.3 is 0 Å². The summed E-state index contributed by atoms with van der Waals surface area (Å²) < 4.78 is 1.73. The van der Waals surface area contributed by atoms with Crippen LogP contribution in [0.3, 0.4) is 0 Å². The highest BCUT2D eigenvalue weighted by Gasteiger charge is 2.16. The van der Waals surface area contributed by atoms with Crippen molar-refractivity contribution in [3.63, 3.8) is 0 Å². The van der Waals surface area contributed by atoms with Crippen molar-refractivity contribution in [3.8, 4) is 5.13 Å². The van der Waals surface area contributed by atoms with Gasteiger partial charge in [0, 0.05) is 36.1 Å². The van der Waals surface area contributed by atoms with E-state index in [1.165, 1.54) is 11.1 Å². The van der Waals surface area contributed by atoms with E-state index >= 15 is 0 Å². The summed E-state index contributed by atoms with van der Waals surface area (Å²) >= 11 is 1.54. The summed E-state index contributed by atoms with van der Waals surface area (Å²) in [5.41, 5.74) is 3.39. The Labute approximate surface area is 156 Å². The fourth-order valence-electron chi connectivity index (χ4n) is 3.19. The molecule has 3 aromatic rings. The Morgan fingerprint density at radius 3 is 2.96 bits per heavy atom. The number of thiazole rings is 1. The van der Waals surface area contributed by atoms with Crippen molar-refractivity contribution in [2.24, 2.45) is 0 Å². The van der Waals surface area contributed by atoms with Crippen LogP contribution in [-0.4, -0.2) is 45.7 Å². The van der Waals surface area contributed by atoms with Crippen molar-refractivity contribution < 1.29 is 4.79 Å². The third-order valence-electron chi connectivity index (χ3n) is 4.58. The van der Waals surface area contributed by atoms with Gasteiger partial charge in [0.1, 0.15) is 0 Å². The first-order valence-corrected chi connectivity index (χ1v) is 9.55. The van der Waals surface area contributed by atoms with Gasteiger partial charge in [0.05, 0.1) is 6.54 Å². The Bertz CT molecular complexity index is 903. The number of aromatic nitrogens is 3. The molecule has 0 saturated heterocycles. The molecule has 1 aliphatic heterocycles. The molecule has 2 aromatic heterocycles. The smallest absolute Gasteiger partial charge is 0.253 e. The first-order valence-electron chi connectivity index (χ1n) is 8.73. The molecule has 4 rings (SSSR count). The second-order valence-electron chi connectivity index (χ2n) is 6.45. The van der Waals surface area contributed by atoms with Crippen LogP contribution >= 0.6 is 11.3 Å². The van der Waals surface area contributed by atoms with Gasteiger partial charge in [-0.1, -0.05) is 17.4 Å². The number of rotatable bonds is 4. The number of nitrogens with zero attached hydrogens (tertiary/aromatic N) is 4. The van der Waals surface area contributed by atoms with Gasteiger partial charge in [0.2, 0.25) is 5.13 Å². The van der Waals surface area contributed by atoms with Crippen LogP contribution in [0.1, 0.15) is 26.4 Å². The molecule has 0 radical (unpaired) electrons. The largest absolute Gasteiger partial charge is 0.337 e. The second kappa shape index (κ2) is 7.39. The summed E-state index contributed by atoms with van der Waals surface area (Å²) in [5, 5.41) is 8.40. The molecule has 7 heteroatoms. The summed E-state index contributed by atoms with van der Waals surface area (Å²) in [6.45, 7) is 2.51. The van der Waals surface area contributed by atoms with Gasteiger partial charge in [-0.3, -0.25) is 4.79 Å². The van der Waals surface area contributed by atoms with E-state index in [1.807, 2.05) is 31.6 Å². The molecule has 1 N–H and O–H groups in total. The molecule has 0 spiro atoms. The van der Waals surface area contributed by atoms with E-state index in [9.17, 15) is 4.79 Å². The molecule has 0 atom stereocenters. The molecule has 1 amide bonds. The SMILES string of the molecule is CN(Cc1cnc(-n2cccn2)s1)C(=O)c1ccc2c(c1)CCNCC2. The predicted octanol–water partition coefficient (Wildman–Crippen LogP) is 2.29. The molecular weight excluding hydrogens is 346 g/mol. The van der Waals surface area contributed by atoms with Crippen LogP contribution in [-0.2, 0) is 19.4 Å². The van der Waals surface area contributed by atoms with E-state index in [2.05, 4.69) is 27.5 Å². The summed E-state index contributed by atoms with van der Waals surface area (Å²) in [5.74, 6) is 0.0408. The fourth-order valence-corrected chi connectivity index (χ4v) is 4.10. The van der Waals surface area contributed by atoms with Gasteiger partial charge in [-0.25, -0.2) is 9.67 Å². The number of carbonyl (C=O) groups excluding carboxylic acids is 1. The van der Waals surface area contributed by atoms with Gasteiger partial charge in [0.25, 0.3) is 5.91 Å². The van der Waals surface area contributed by atoms with E-state index in [-0.39, 0.29) is 5.91 Å². The number of hydrogen-bond donors (Lipinski definition) is 1. The molecular formula is C19H21N5OS. The van der Waals surface area contributed by atoms with E-state index in [4.69, 9.17) is 0 Å². The molecule has 0 aliphatic carbocycles. The lowest BCUT2D eigenvalue weighted by Gasteiger charge is -2.17. The summed E-state index contributed by atoms with van der Waals surface area (Å²) in [4.78, 5) is 20.0. The zero-order chi connectivity index (χ0) is 17.9. The summed E-state index contributed by atoms with van der Waals surface area (Å²) in [6, 6.07) is 7.98. The van der Waals surface area contributed by atoms with Gasteiger partial charge in [-0.15, -0.1) is 0 Å². The van der Waals surface area contributed by atoms with Crippen LogP contribution < -0.4 is 5.32 Å². The van der Waals surface area contributed by atoms with Crippen LogP contribution in [0, 0.1) is 0 Å².